The molecule has 4 rings (SSSR count). The van der Waals surface area contributed by atoms with Crippen LogP contribution in [0.3, 0.4) is 0 Å². The number of thioether (sulfide) groups is 1. The van der Waals surface area contributed by atoms with Crippen LogP contribution in [0, 0.1) is 0 Å². The summed E-state index contributed by atoms with van der Waals surface area (Å²) in [5, 5.41) is 9.37. The molecule has 1 N–H and O–H groups in total. The van der Waals surface area contributed by atoms with Gasteiger partial charge in [-0.25, -0.2) is 0 Å². The van der Waals surface area contributed by atoms with Crippen LogP contribution in [-0.4, -0.2) is 39.1 Å². The van der Waals surface area contributed by atoms with Crippen molar-refractivity contribution in [2.45, 2.75) is 24.3 Å². The summed E-state index contributed by atoms with van der Waals surface area (Å²) >= 11 is 1.29. The van der Waals surface area contributed by atoms with Crippen LogP contribution in [0.15, 0.2) is 70.4 Å². The lowest BCUT2D eigenvalue weighted by atomic mass is 10.1. The standard InChI is InChI=1S/C22H22N4O2S/c1-3-26(4-2)21(27)19(15-10-6-5-7-11-15)29-22-25-24-20(28-22)17-14-23-18-13-9-8-12-16(17)18/h5-14,19,23H,3-4H2,1-2H3. The third-order valence-electron chi connectivity index (χ3n) is 4.85. The van der Waals surface area contributed by atoms with Crippen LogP contribution in [0.1, 0.15) is 24.7 Å². The molecule has 0 radical (unpaired) electrons. The van der Waals surface area contributed by atoms with Crippen molar-refractivity contribution in [2.75, 3.05) is 13.1 Å². The molecule has 4 aromatic rings. The molecule has 6 nitrogen and oxygen atoms in total. The van der Waals surface area contributed by atoms with Gasteiger partial charge < -0.3 is 14.3 Å². The highest BCUT2D eigenvalue weighted by Gasteiger charge is 2.28. The molecule has 2 heterocycles. The van der Waals surface area contributed by atoms with Crippen molar-refractivity contribution in [1.82, 2.24) is 20.1 Å². The van der Waals surface area contributed by atoms with Gasteiger partial charge in [-0.1, -0.05) is 48.5 Å². The van der Waals surface area contributed by atoms with Gasteiger partial charge in [-0.3, -0.25) is 4.79 Å². The first-order chi connectivity index (χ1) is 14.2. The van der Waals surface area contributed by atoms with Gasteiger partial charge in [0.1, 0.15) is 5.25 Å². The Kier molecular flexibility index (Phi) is 5.67. The Labute approximate surface area is 173 Å². The minimum Gasteiger partial charge on any atom is -0.411 e. The summed E-state index contributed by atoms with van der Waals surface area (Å²) in [6, 6.07) is 17.7. The number of nitrogens with zero attached hydrogens (tertiary/aromatic N) is 3. The maximum absolute atomic E-state index is 13.1. The highest BCUT2D eigenvalue weighted by Crippen LogP contribution is 2.38. The number of carbonyl (C=O) groups excluding carboxylic acids is 1. The number of hydrogen-bond acceptors (Lipinski definition) is 5. The zero-order valence-corrected chi connectivity index (χ0v) is 17.1. The predicted octanol–water partition coefficient (Wildman–Crippen LogP) is 4.92. The number of aromatic nitrogens is 3. The monoisotopic (exact) mass is 406 g/mol. The van der Waals surface area contributed by atoms with E-state index < -0.39 is 5.25 Å². The second kappa shape index (κ2) is 8.53. The van der Waals surface area contributed by atoms with E-state index >= 15 is 0 Å². The number of hydrogen-bond donors (Lipinski definition) is 1. The van der Waals surface area contributed by atoms with Crippen molar-refractivity contribution < 1.29 is 9.21 Å². The first-order valence-electron chi connectivity index (χ1n) is 9.61. The first-order valence-corrected chi connectivity index (χ1v) is 10.5. The van der Waals surface area contributed by atoms with Crippen LogP contribution < -0.4 is 0 Å². The molecule has 0 spiro atoms. The van der Waals surface area contributed by atoms with Gasteiger partial charge in [0.05, 0.1) is 5.56 Å². The van der Waals surface area contributed by atoms with Gasteiger partial charge >= 0.3 is 0 Å². The molecule has 0 bridgehead atoms. The van der Waals surface area contributed by atoms with Gasteiger partial charge in [0, 0.05) is 30.2 Å². The van der Waals surface area contributed by atoms with Crippen LogP contribution in [0.2, 0.25) is 0 Å². The second-order valence-corrected chi connectivity index (χ2v) is 7.60. The highest BCUT2D eigenvalue weighted by molar-refractivity contribution is 8.00. The molecule has 0 aliphatic rings. The Morgan fingerprint density at radius 3 is 2.55 bits per heavy atom. The summed E-state index contributed by atoms with van der Waals surface area (Å²) in [4.78, 5) is 18.2. The summed E-state index contributed by atoms with van der Waals surface area (Å²) < 4.78 is 5.94. The van der Waals surface area contributed by atoms with Crippen molar-refractivity contribution in [3.05, 3.63) is 66.4 Å². The number of para-hydroxylation sites is 1. The Balaban J connectivity index is 1.64. The van der Waals surface area contributed by atoms with Gasteiger partial charge in [-0.05, 0) is 37.2 Å². The van der Waals surface area contributed by atoms with Crippen molar-refractivity contribution in [2.24, 2.45) is 0 Å². The number of aromatic amines is 1. The molecule has 0 fully saturated rings. The zero-order chi connectivity index (χ0) is 20.2. The average molecular weight is 407 g/mol. The maximum atomic E-state index is 13.1. The SMILES string of the molecule is CCN(CC)C(=O)C(Sc1nnc(-c2c[nH]c3ccccc23)o1)c1ccccc1. The summed E-state index contributed by atoms with van der Waals surface area (Å²) in [6.07, 6.45) is 1.86. The Hall–Kier alpha value is -3.06. The minimum absolute atomic E-state index is 0.0399. The number of rotatable bonds is 7. The van der Waals surface area contributed by atoms with Gasteiger partial charge in [-0.2, -0.15) is 0 Å². The van der Waals surface area contributed by atoms with Gasteiger partial charge in [0.15, 0.2) is 0 Å². The maximum Gasteiger partial charge on any atom is 0.277 e. The van der Waals surface area contributed by atoms with Gasteiger partial charge in [-0.15, -0.1) is 10.2 Å². The Morgan fingerprint density at radius 2 is 1.79 bits per heavy atom. The number of nitrogens with one attached hydrogen (secondary N) is 1. The van der Waals surface area contributed by atoms with Crippen molar-refractivity contribution in [3.8, 4) is 11.5 Å². The third kappa shape index (κ3) is 3.91. The molecule has 29 heavy (non-hydrogen) atoms. The highest BCUT2D eigenvalue weighted by atomic mass is 32.2. The Bertz CT molecular complexity index is 1100. The fourth-order valence-corrected chi connectivity index (χ4v) is 4.27. The summed E-state index contributed by atoms with van der Waals surface area (Å²) in [6.45, 7) is 5.28. The van der Waals surface area contributed by atoms with Gasteiger partial charge in [0.2, 0.25) is 5.91 Å². The number of benzene rings is 2. The van der Waals surface area contributed by atoms with Crippen molar-refractivity contribution in [3.63, 3.8) is 0 Å². The van der Waals surface area contributed by atoms with Gasteiger partial charge in [0.25, 0.3) is 11.1 Å². The molecule has 7 heteroatoms. The summed E-state index contributed by atoms with van der Waals surface area (Å²) in [5.74, 6) is 0.477. The van der Waals surface area contributed by atoms with E-state index in [1.807, 2.05) is 79.5 Å². The topological polar surface area (TPSA) is 75.0 Å². The molecule has 1 amide bonds. The van der Waals surface area contributed by atoms with E-state index in [0.29, 0.717) is 24.2 Å². The van der Waals surface area contributed by atoms with Crippen LogP contribution in [0.5, 0.6) is 0 Å². The molecular weight excluding hydrogens is 384 g/mol. The lowest BCUT2D eigenvalue weighted by Crippen LogP contribution is -2.33. The van der Waals surface area contributed by atoms with Crippen molar-refractivity contribution >= 4 is 28.6 Å². The normalized spacial score (nSPS) is 12.2. The molecule has 1 atom stereocenters. The molecule has 2 aromatic heterocycles. The fraction of sp³-hybridized carbons (Fsp3) is 0.227. The molecule has 0 aliphatic heterocycles. The molecule has 2 aromatic carbocycles. The quantitative estimate of drug-likeness (QED) is 0.441. The van der Waals surface area contributed by atoms with E-state index in [0.717, 1.165) is 22.0 Å². The van der Waals surface area contributed by atoms with E-state index in [4.69, 9.17) is 4.42 Å². The molecule has 0 saturated carbocycles. The number of amides is 1. The van der Waals surface area contributed by atoms with Crippen molar-refractivity contribution in [1.29, 1.82) is 0 Å². The number of carbonyl (C=O) groups is 1. The second-order valence-electron chi connectivity index (χ2n) is 6.54. The summed E-state index contributed by atoms with van der Waals surface area (Å²) in [7, 11) is 0. The average Bonchev–Trinajstić information content (AvgIpc) is 3.40. The van der Waals surface area contributed by atoms with E-state index in [2.05, 4.69) is 15.2 Å². The van der Waals surface area contributed by atoms with E-state index in [1.54, 1.807) is 0 Å². The van der Waals surface area contributed by atoms with E-state index in [9.17, 15) is 4.79 Å². The zero-order valence-electron chi connectivity index (χ0n) is 16.3. The largest absolute Gasteiger partial charge is 0.411 e. The van der Waals surface area contributed by atoms with Crippen LogP contribution in [-0.2, 0) is 4.79 Å². The first kappa shape index (κ1) is 19.3. The van der Waals surface area contributed by atoms with E-state index in [-0.39, 0.29) is 5.91 Å². The fourth-order valence-electron chi connectivity index (χ4n) is 3.31. The van der Waals surface area contributed by atoms with Crippen LogP contribution in [0.25, 0.3) is 22.4 Å². The third-order valence-corrected chi connectivity index (χ3v) is 5.92. The number of likely N-dealkylation sites (N-methyl/N-ethyl adjacent to an activating group) is 1. The Morgan fingerprint density at radius 1 is 1.07 bits per heavy atom. The molecular formula is C22H22N4O2S. The molecule has 1 unspecified atom stereocenters. The lowest BCUT2D eigenvalue weighted by Gasteiger charge is -2.24. The number of H-pyrrole nitrogens is 1. The van der Waals surface area contributed by atoms with E-state index in [1.165, 1.54) is 11.8 Å². The predicted molar refractivity (Wildman–Crippen MR) is 115 cm³/mol. The molecule has 148 valence electrons. The summed E-state index contributed by atoms with van der Waals surface area (Å²) in [5.41, 5.74) is 2.78. The smallest absolute Gasteiger partial charge is 0.277 e. The molecule has 0 saturated heterocycles. The van der Waals surface area contributed by atoms with Crippen LogP contribution in [0.4, 0.5) is 0 Å². The lowest BCUT2D eigenvalue weighted by molar-refractivity contribution is -0.130. The number of fused-ring (bicyclic) bond motifs is 1. The van der Waals surface area contributed by atoms with Crippen LogP contribution >= 0.6 is 11.8 Å². The minimum atomic E-state index is -0.438. The molecule has 0 aliphatic carbocycles.